The van der Waals surface area contributed by atoms with E-state index in [2.05, 4.69) is 31.2 Å². The van der Waals surface area contributed by atoms with Crippen LogP contribution in [0.25, 0.3) is 0 Å². The SMILES string of the molecule is Cc1ccc2c(c1)Oc1ccc[c]c1C2. The van der Waals surface area contributed by atoms with Crippen LogP contribution < -0.4 is 4.74 Å². The van der Waals surface area contributed by atoms with Gasteiger partial charge < -0.3 is 4.74 Å². The quantitative estimate of drug-likeness (QED) is 0.533. The molecular formula is C14H11O. The van der Waals surface area contributed by atoms with Gasteiger partial charge in [-0.1, -0.05) is 24.3 Å². The second-order valence-electron chi connectivity index (χ2n) is 3.90. The lowest BCUT2D eigenvalue weighted by Gasteiger charge is -2.19. The minimum absolute atomic E-state index is 0.922. The number of ether oxygens (including phenoxy) is 1. The molecule has 2 aromatic carbocycles. The van der Waals surface area contributed by atoms with Crippen molar-refractivity contribution in [2.24, 2.45) is 0 Å². The zero-order valence-corrected chi connectivity index (χ0v) is 8.58. The Hall–Kier alpha value is -1.76. The molecule has 0 fully saturated rings. The Kier molecular flexibility index (Phi) is 1.78. The molecule has 1 heterocycles. The topological polar surface area (TPSA) is 9.23 Å². The lowest BCUT2D eigenvalue weighted by Crippen LogP contribution is -2.02. The summed E-state index contributed by atoms with van der Waals surface area (Å²) in [4.78, 5) is 0. The van der Waals surface area contributed by atoms with Crippen molar-refractivity contribution >= 4 is 0 Å². The maximum atomic E-state index is 5.83. The molecule has 0 saturated heterocycles. The van der Waals surface area contributed by atoms with Crippen LogP contribution in [0.2, 0.25) is 0 Å². The van der Waals surface area contributed by atoms with Crippen LogP contribution in [-0.4, -0.2) is 0 Å². The second-order valence-corrected chi connectivity index (χ2v) is 3.90. The fourth-order valence-electron chi connectivity index (χ4n) is 1.90. The molecule has 0 bridgehead atoms. The van der Waals surface area contributed by atoms with Crippen molar-refractivity contribution < 1.29 is 4.74 Å². The standard InChI is InChI=1S/C14H11O/c1-10-6-7-12-9-11-4-2-3-5-13(11)15-14(12)8-10/h2-3,5-8H,9H2,1H3. The third-order valence-electron chi connectivity index (χ3n) is 2.71. The molecule has 73 valence electrons. The van der Waals surface area contributed by atoms with Crippen molar-refractivity contribution in [3.63, 3.8) is 0 Å². The van der Waals surface area contributed by atoms with E-state index in [4.69, 9.17) is 4.74 Å². The summed E-state index contributed by atoms with van der Waals surface area (Å²) < 4.78 is 5.83. The van der Waals surface area contributed by atoms with Gasteiger partial charge in [0.1, 0.15) is 11.5 Å². The highest BCUT2D eigenvalue weighted by molar-refractivity contribution is 5.50. The van der Waals surface area contributed by atoms with E-state index in [1.54, 1.807) is 0 Å². The van der Waals surface area contributed by atoms with E-state index < -0.39 is 0 Å². The van der Waals surface area contributed by atoms with Crippen molar-refractivity contribution in [3.05, 3.63) is 59.2 Å². The Labute approximate surface area is 89.3 Å². The molecule has 0 aliphatic carbocycles. The van der Waals surface area contributed by atoms with Crippen molar-refractivity contribution in [3.8, 4) is 11.5 Å². The van der Waals surface area contributed by atoms with Crippen LogP contribution in [0.1, 0.15) is 16.7 Å². The third-order valence-corrected chi connectivity index (χ3v) is 2.71. The predicted octanol–water partition coefficient (Wildman–Crippen LogP) is 3.49. The van der Waals surface area contributed by atoms with Crippen molar-refractivity contribution in [1.29, 1.82) is 0 Å². The smallest absolute Gasteiger partial charge is 0.131 e. The Morgan fingerprint density at radius 2 is 2.13 bits per heavy atom. The van der Waals surface area contributed by atoms with Crippen molar-refractivity contribution in [2.75, 3.05) is 0 Å². The molecule has 1 radical (unpaired) electrons. The molecule has 0 amide bonds. The van der Waals surface area contributed by atoms with Crippen LogP contribution in [0.5, 0.6) is 11.5 Å². The summed E-state index contributed by atoms with van der Waals surface area (Å²) in [5.41, 5.74) is 3.63. The van der Waals surface area contributed by atoms with Gasteiger partial charge in [-0.25, -0.2) is 0 Å². The molecule has 2 aromatic rings. The monoisotopic (exact) mass is 195 g/mol. The number of benzene rings is 2. The van der Waals surface area contributed by atoms with Gasteiger partial charge in [-0.2, -0.15) is 0 Å². The summed E-state index contributed by atoms with van der Waals surface area (Å²) in [6.45, 7) is 2.08. The van der Waals surface area contributed by atoms with Crippen LogP contribution in [0, 0.1) is 13.0 Å². The van der Waals surface area contributed by atoms with Crippen LogP contribution in [0.15, 0.2) is 36.4 Å². The molecule has 0 aromatic heterocycles. The van der Waals surface area contributed by atoms with Gasteiger partial charge in [0.05, 0.1) is 0 Å². The molecule has 15 heavy (non-hydrogen) atoms. The molecule has 1 heteroatoms. The lowest BCUT2D eigenvalue weighted by molar-refractivity contribution is 0.459. The Bertz CT molecular complexity index is 514. The Morgan fingerprint density at radius 1 is 1.20 bits per heavy atom. The maximum Gasteiger partial charge on any atom is 0.131 e. The first kappa shape index (κ1) is 8.54. The van der Waals surface area contributed by atoms with E-state index >= 15 is 0 Å². The van der Waals surface area contributed by atoms with E-state index in [9.17, 15) is 0 Å². The summed E-state index contributed by atoms with van der Waals surface area (Å²) >= 11 is 0. The van der Waals surface area contributed by atoms with Gasteiger partial charge in [0.25, 0.3) is 0 Å². The summed E-state index contributed by atoms with van der Waals surface area (Å²) in [6.07, 6.45) is 0.922. The lowest BCUT2D eigenvalue weighted by atomic mass is 9.99. The zero-order valence-electron chi connectivity index (χ0n) is 8.58. The summed E-state index contributed by atoms with van der Waals surface area (Å²) in [6, 6.07) is 15.4. The average Bonchev–Trinajstić information content (AvgIpc) is 2.26. The largest absolute Gasteiger partial charge is 0.457 e. The number of fused-ring (bicyclic) bond motifs is 2. The highest BCUT2D eigenvalue weighted by Gasteiger charge is 2.15. The molecule has 3 rings (SSSR count). The number of hydrogen-bond acceptors (Lipinski definition) is 1. The van der Waals surface area contributed by atoms with Gasteiger partial charge in [0, 0.05) is 12.0 Å². The molecule has 0 spiro atoms. The van der Waals surface area contributed by atoms with Crippen LogP contribution in [-0.2, 0) is 6.42 Å². The van der Waals surface area contributed by atoms with Gasteiger partial charge in [-0.05, 0) is 36.2 Å². The van der Waals surface area contributed by atoms with Gasteiger partial charge in [-0.3, -0.25) is 0 Å². The summed E-state index contributed by atoms with van der Waals surface area (Å²) in [7, 11) is 0. The van der Waals surface area contributed by atoms with E-state index in [1.807, 2.05) is 18.2 Å². The average molecular weight is 195 g/mol. The predicted molar refractivity (Wildman–Crippen MR) is 59.3 cm³/mol. The fraction of sp³-hybridized carbons (Fsp3) is 0.143. The minimum Gasteiger partial charge on any atom is -0.457 e. The first-order valence-electron chi connectivity index (χ1n) is 5.10. The van der Waals surface area contributed by atoms with Gasteiger partial charge in [0.2, 0.25) is 0 Å². The first-order valence-corrected chi connectivity index (χ1v) is 5.10. The van der Waals surface area contributed by atoms with Crippen molar-refractivity contribution in [2.45, 2.75) is 13.3 Å². The second kappa shape index (κ2) is 3.13. The third kappa shape index (κ3) is 1.40. The highest BCUT2D eigenvalue weighted by atomic mass is 16.5. The maximum absolute atomic E-state index is 5.83. The van der Waals surface area contributed by atoms with Gasteiger partial charge >= 0.3 is 0 Å². The number of aryl methyl sites for hydroxylation is 1. The van der Waals surface area contributed by atoms with Crippen LogP contribution >= 0.6 is 0 Å². The van der Waals surface area contributed by atoms with E-state index in [0.29, 0.717) is 0 Å². The van der Waals surface area contributed by atoms with Crippen LogP contribution in [0.3, 0.4) is 0 Å². The van der Waals surface area contributed by atoms with E-state index in [-0.39, 0.29) is 0 Å². The Balaban J connectivity index is 2.11. The molecule has 1 aliphatic rings. The minimum atomic E-state index is 0.922. The van der Waals surface area contributed by atoms with E-state index in [1.165, 1.54) is 11.1 Å². The fourth-order valence-corrected chi connectivity index (χ4v) is 1.90. The van der Waals surface area contributed by atoms with Crippen molar-refractivity contribution in [1.82, 2.24) is 0 Å². The van der Waals surface area contributed by atoms with Gasteiger partial charge in [0.15, 0.2) is 0 Å². The van der Waals surface area contributed by atoms with E-state index in [0.717, 1.165) is 23.5 Å². The molecule has 0 atom stereocenters. The number of rotatable bonds is 0. The Morgan fingerprint density at radius 3 is 3.07 bits per heavy atom. The van der Waals surface area contributed by atoms with Crippen LogP contribution in [0.4, 0.5) is 0 Å². The molecule has 1 aliphatic heterocycles. The molecule has 0 saturated carbocycles. The summed E-state index contributed by atoms with van der Waals surface area (Å²) in [5, 5.41) is 0. The first-order chi connectivity index (χ1) is 7.33. The zero-order chi connectivity index (χ0) is 10.3. The molecule has 0 unspecified atom stereocenters. The van der Waals surface area contributed by atoms with Gasteiger partial charge in [-0.15, -0.1) is 0 Å². The normalized spacial score (nSPS) is 12.6. The molecule has 1 nitrogen and oxygen atoms in total. The highest BCUT2D eigenvalue weighted by Crippen LogP contribution is 2.36. The number of hydrogen-bond donors (Lipinski definition) is 0. The molecular weight excluding hydrogens is 184 g/mol. The molecule has 0 N–H and O–H groups in total. The summed E-state index contributed by atoms with van der Waals surface area (Å²) in [5.74, 6) is 1.93.